The standard InChI is InChI=1S/C11H14O3/c1-2-11-6-9(12)4-3-8(11)5-10(13)14-7-11/h2,8H,1,3-7H2/t8-,11-/m0/s1. The van der Waals surface area contributed by atoms with Crippen molar-refractivity contribution >= 4 is 11.8 Å². The Morgan fingerprint density at radius 3 is 3.00 bits per heavy atom. The van der Waals surface area contributed by atoms with Gasteiger partial charge >= 0.3 is 5.97 Å². The summed E-state index contributed by atoms with van der Waals surface area (Å²) in [4.78, 5) is 22.5. The molecule has 1 heterocycles. The zero-order valence-electron chi connectivity index (χ0n) is 8.12. The molecule has 0 bridgehead atoms. The van der Waals surface area contributed by atoms with Gasteiger partial charge in [-0.3, -0.25) is 9.59 Å². The second-order valence-electron chi connectivity index (χ2n) is 4.25. The Kier molecular flexibility index (Phi) is 2.17. The predicted molar refractivity (Wildman–Crippen MR) is 50.6 cm³/mol. The molecule has 0 aromatic rings. The van der Waals surface area contributed by atoms with Crippen molar-refractivity contribution in [2.75, 3.05) is 6.61 Å². The van der Waals surface area contributed by atoms with Crippen LogP contribution in [0, 0.1) is 11.3 Å². The topological polar surface area (TPSA) is 43.4 Å². The Balaban J connectivity index is 2.23. The van der Waals surface area contributed by atoms with Gasteiger partial charge in [0.05, 0.1) is 0 Å². The lowest BCUT2D eigenvalue weighted by atomic mass is 9.64. The van der Waals surface area contributed by atoms with Crippen molar-refractivity contribution in [1.82, 2.24) is 0 Å². The van der Waals surface area contributed by atoms with E-state index in [0.717, 1.165) is 6.42 Å². The minimum atomic E-state index is -0.261. The van der Waals surface area contributed by atoms with Gasteiger partial charge in [0.25, 0.3) is 0 Å². The van der Waals surface area contributed by atoms with E-state index in [4.69, 9.17) is 4.74 Å². The minimum absolute atomic E-state index is 0.137. The zero-order valence-corrected chi connectivity index (χ0v) is 8.12. The molecule has 14 heavy (non-hydrogen) atoms. The Morgan fingerprint density at radius 2 is 2.29 bits per heavy atom. The van der Waals surface area contributed by atoms with E-state index in [-0.39, 0.29) is 23.1 Å². The van der Waals surface area contributed by atoms with E-state index in [0.29, 0.717) is 25.9 Å². The van der Waals surface area contributed by atoms with Gasteiger partial charge in [-0.25, -0.2) is 0 Å². The summed E-state index contributed by atoms with van der Waals surface area (Å²) in [5.74, 6) is 0.389. The Labute approximate surface area is 83.1 Å². The SMILES string of the molecule is C=C[C@]12COC(=O)C[C@@H]1CCC(=O)C2. The highest BCUT2D eigenvalue weighted by molar-refractivity contribution is 5.81. The third-order valence-corrected chi connectivity index (χ3v) is 3.43. The molecular formula is C11H14O3. The average Bonchev–Trinajstić information content (AvgIpc) is 2.19. The van der Waals surface area contributed by atoms with Crippen LogP contribution in [-0.4, -0.2) is 18.4 Å². The smallest absolute Gasteiger partial charge is 0.306 e. The molecule has 0 aromatic carbocycles. The molecule has 1 saturated heterocycles. The van der Waals surface area contributed by atoms with Crippen molar-refractivity contribution < 1.29 is 14.3 Å². The molecule has 0 amide bonds. The van der Waals surface area contributed by atoms with Gasteiger partial charge < -0.3 is 4.74 Å². The minimum Gasteiger partial charge on any atom is -0.465 e. The Bertz CT molecular complexity index is 295. The van der Waals surface area contributed by atoms with Gasteiger partial charge in [-0.15, -0.1) is 6.58 Å². The molecule has 2 rings (SSSR count). The molecule has 0 spiro atoms. The van der Waals surface area contributed by atoms with Gasteiger partial charge in [0, 0.05) is 24.7 Å². The van der Waals surface area contributed by atoms with E-state index in [9.17, 15) is 9.59 Å². The first-order chi connectivity index (χ1) is 6.66. The molecule has 2 aliphatic rings. The molecule has 1 aliphatic heterocycles. The van der Waals surface area contributed by atoms with Crippen molar-refractivity contribution in [2.24, 2.45) is 11.3 Å². The largest absolute Gasteiger partial charge is 0.465 e. The normalized spacial score (nSPS) is 37.3. The van der Waals surface area contributed by atoms with E-state index in [1.165, 1.54) is 0 Å². The number of ketones is 1. The Morgan fingerprint density at radius 1 is 1.50 bits per heavy atom. The van der Waals surface area contributed by atoms with Gasteiger partial charge in [0.1, 0.15) is 12.4 Å². The summed E-state index contributed by atoms with van der Waals surface area (Å²) in [6.45, 7) is 4.11. The van der Waals surface area contributed by atoms with Crippen molar-refractivity contribution in [3.8, 4) is 0 Å². The maximum atomic E-state index is 11.4. The van der Waals surface area contributed by atoms with Gasteiger partial charge in [-0.2, -0.15) is 0 Å². The summed E-state index contributed by atoms with van der Waals surface area (Å²) in [5.41, 5.74) is -0.261. The zero-order chi connectivity index (χ0) is 10.2. The maximum Gasteiger partial charge on any atom is 0.306 e. The number of esters is 1. The van der Waals surface area contributed by atoms with E-state index in [1.54, 1.807) is 6.08 Å². The van der Waals surface area contributed by atoms with Crippen molar-refractivity contribution in [1.29, 1.82) is 0 Å². The number of carbonyl (C=O) groups excluding carboxylic acids is 2. The molecule has 76 valence electrons. The van der Waals surface area contributed by atoms with E-state index in [1.807, 2.05) is 0 Å². The number of fused-ring (bicyclic) bond motifs is 1. The van der Waals surface area contributed by atoms with Crippen LogP contribution in [0.1, 0.15) is 25.7 Å². The third kappa shape index (κ3) is 1.37. The number of rotatable bonds is 1. The predicted octanol–water partition coefficient (Wildman–Crippen LogP) is 1.47. The molecule has 2 fully saturated rings. The molecule has 2 atom stereocenters. The number of carbonyl (C=O) groups is 2. The van der Waals surface area contributed by atoms with Crippen LogP contribution < -0.4 is 0 Å². The molecule has 3 nitrogen and oxygen atoms in total. The van der Waals surface area contributed by atoms with Crippen LogP contribution in [0.5, 0.6) is 0 Å². The van der Waals surface area contributed by atoms with Gasteiger partial charge in [-0.05, 0) is 12.3 Å². The van der Waals surface area contributed by atoms with Crippen LogP contribution >= 0.6 is 0 Å². The number of ether oxygens (including phenoxy) is 1. The first kappa shape index (κ1) is 9.44. The molecule has 0 unspecified atom stereocenters. The summed E-state index contributed by atoms with van der Waals surface area (Å²) in [6, 6.07) is 0. The van der Waals surface area contributed by atoms with Crippen molar-refractivity contribution in [3.63, 3.8) is 0 Å². The van der Waals surface area contributed by atoms with Gasteiger partial charge in [0.2, 0.25) is 0 Å². The summed E-state index contributed by atoms with van der Waals surface area (Å²) in [7, 11) is 0. The molecule has 0 N–H and O–H groups in total. The van der Waals surface area contributed by atoms with Gasteiger partial charge in [-0.1, -0.05) is 6.08 Å². The third-order valence-electron chi connectivity index (χ3n) is 3.43. The quantitative estimate of drug-likeness (QED) is 0.469. The van der Waals surface area contributed by atoms with E-state index < -0.39 is 0 Å². The lowest BCUT2D eigenvalue weighted by Crippen LogP contribution is -2.45. The first-order valence-corrected chi connectivity index (χ1v) is 4.97. The maximum absolute atomic E-state index is 11.4. The van der Waals surface area contributed by atoms with Crippen LogP contribution in [0.2, 0.25) is 0 Å². The highest BCUT2D eigenvalue weighted by Crippen LogP contribution is 2.45. The molecule has 0 aromatic heterocycles. The van der Waals surface area contributed by atoms with Gasteiger partial charge in [0.15, 0.2) is 0 Å². The van der Waals surface area contributed by atoms with Crippen LogP contribution in [0.3, 0.4) is 0 Å². The number of hydrogen-bond acceptors (Lipinski definition) is 3. The summed E-state index contributed by atoms with van der Waals surface area (Å²) >= 11 is 0. The summed E-state index contributed by atoms with van der Waals surface area (Å²) < 4.78 is 5.03. The highest BCUT2D eigenvalue weighted by atomic mass is 16.5. The fraction of sp³-hybridized carbons (Fsp3) is 0.636. The van der Waals surface area contributed by atoms with E-state index >= 15 is 0 Å². The highest BCUT2D eigenvalue weighted by Gasteiger charge is 2.46. The Hall–Kier alpha value is -1.12. The van der Waals surface area contributed by atoms with Crippen LogP contribution in [0.4, 0.5) is 0 Å². The fourth-order valence-electron chi connectivity index (χ4n) is 2.47. The number of Topliss-reactive ketones (excluding diaryl/α,β-unsaturated/α-hetero) is 1. The molecule has 1 aliphatic carbocycles. The number of hydrogen-bond donors (Lipinski definition) is 0. The van der Waals surface area contributed by atoms with Crippen molar-refractivity contribution in [2.45, 2.75) is 25.7 Å². The van der Waals surface area contributed by atoms with Crippen LogP contribution in [0.25, 0.3) is 0 Å². The molecular weight excluding hydrogens is 180 g/mol. The molecule has 1 saturated carbocycles. The number of cyclic esters (lactones) is 1. The van der Waals surface area contributed by atoms with Crippen LogP contribution in [0.15, 0.2) is 12.7 Å². The average molecular weight is 194 g/mol. The lowest BCUT2D eigenvalue weighted by molar-refractivity contribution is -0.161. The molecule has 0 radical (unpaired) electrons. The first-order valence-electron chi connectivity index (χ1n) is 4.97. The summed E-state index contributed by atoms with van der Waals surface area (Å²) in [5, 5.41) is 0. The van der Waals surface area contributed by atoms with Crippen LogP contribution in [-0.2, 0) is 14.3 Å². The van der Waals surface area contributed by atoms with Crippen molar-refractivity contribution in [3.05, 3.63) is 12.7 Å². The van der Waals surface area contributed by atoms with E-state index in [2.05, 4.69) is 6.58 Å². The second-order valence-corrected chi connectivity index (χ2v) is 4.25. The summed E-state index contributed by atoms with van der Waals surface area (Å²) in [6.07, 6.45) is 4.16. The monoisotopic (exact) mass is 194 g/mol. The lowest BCUT2D eigenvalue weighted by Gasteiger charge is -2.43. The molecule has 3 heteroatoms. The second kappa shape index (κ2) is 3.23. The fourth-order valence-corrected chi connectivity index (χ4v) is 2.47.